The van der Waals surface area contributed by atoms with E-state index in [1.807, 2.05) is 48.5 Å². The van der Waals surface area contributed by atoms with Crippen molar-refractivity contribution in [2.75, 3.05) is 18.6 Å². The van der Waals surface area contributed by atoms with Gasteiger partial charge in [-0.25, -0.2) is 5.43 Å². The molecule has 37 heavy (non-hydrogen) atoms. The highest BCUT2D eigenvalue weighted by Crippen LogP contribution is 2.50. The van der Waals surface area contributed by atoms with E-state index < -0.39 is 5.41 Å². The molecule has 0 saturated carbocycles. The number of amides is 1. The molecule has 7 heteroatoms. The number of nitrogens with one attached hydrogen (secondary N) is 1. The minimum absolute atomic E-state index is 0.271. The van der Waals surface area contributed by atoms with Crippen LogP contribution in [0.1, 0.15) is 42.3 Å². The van der Waals surface area contributed by atoms with E-state index >= 15 is 0 Å². The molecule has 1 aliphatic heterocycles. The molecule has 0 saturated heterocycles. The zero-order chi connectivity index (χ0) is 26.4. The fourth-order valence-corrected chi connectivity index (χ4v) is 4.84. The molecule has 3 aromatic rings. The van der Waals surface area contributed by atoms with Gasteiger partial charge in [0.25, 0.3) is 5.91 Å². The normalized spacial score (nSPS) is 17.6. The Morgan fingerprint density at radius 1 is 1.03 bits per heavy atom. The largest absolute Gasteiger partial charge is 0.497 e. The first kappa shape index (κ1) is 25.7. The van der Waals surface area contributed by atoms with Crippen LogP contribution in [0.25, 0.3) is 0 Å². The summed E-state index contributed by atoms with van der Waals surface area (Å²) in [6.45, 7) is 6.42. The van der Waals surface area contributed by atoms with E-state index in [1.165, 1.54) is 6.92 Å². The lowest BCUT2D eigenvalue weighted by Gasteiger charge is -2.30. The van der Waals surface area contributed by atoms with Gasteiger partial charge in [-0.1, -0.05) is 30.3 Å². The molecule has 0 radical (unpaired) electrons. The van der Waals surface area contributed by atoms with E-state index in [4.69, 9.17) is 9.47 Å². The first-order valence-corrected chi connectivity index (χ1v) is 12.2. The van der Waals surface area contributed by atoms with E-state index in [-0.39, 0.29) is 11.9 Å². The number of nitrogens with zero attached hydrogens (tertiary/aromatic N) is 2. The number of ether oxygens (including phenoxy) is 2. The van der Waals surface area contributed by atoms with Crippen molar-refractivity contribution in [3.63, 3.8) is 0 Å². The summed E-state index contributed by atoms with van der Waals surface area (Å²) in [5.74, 6) is 0.665. The molecule has 0 bridgehead atoms. The van der Waals surface area contributed by atoms with Gasteiger partial charge < -0.3 is 14.4 Å². The molecule has 1 unspecified atom stereocenters. The van der Waals surface area contributed by atoms with Gasteiger partial charge in [0.2, 0.25) is 0 Å². The van der Waals surface area contributed by atoms with Crippen molar-refractivity contribution in [2.45, 2.75) is 32.6 Å². The number of allylic oxidation sites excluding steroid dienone is 2. The maximum absolute atomic E-state index is 12.4. The number of rotatable bonds is 8. The van der Waals surface area contributed by atoms with Crippen molar-refractivity contribution in [1.82, 2.24) is 5.43 Å². The molecule has 1 atom stereocenters. The Bertz CT molecular complexity index is 1350. The second kappa shape index (κ2) is 11.1. The minimum atomic E-state index is -0.440. The van der Waals surface area contributed by atoms with Gasteiger partial charge in [-0.05, 0) is 79.9 Å². The fourth-order valence-electron chi connectivity index (χ4n) is 4.84. The predicted octanol–water partition coefficient (Wildman–Crippen LogP) is 5.26. The van der Waals surface area contributed by atoms with Crippen LogP contribution in [0.3, 0.4) is 0 Å². The summed E-state index contributed by atoms with van der Waals surface area (Å²) >= 11 is 0. The summed E-state index contributed by atoms with van der Waals surface area (Å²) < 4.78 is 10.9. The summed E-state index contributed by atoms with van der Waals surface area (Å²) in [6.07, 6.45) is 4.21. The summed E-state index contributed by atoms with van der Waals surface area (Å²) in [7, 11) is 1.66. The number of carbonyl (C=O) groups is 2. The third-order valence-electron chi connectivity index (χ3n) is 6.49. The van der Waals surface area contributed by atoms with E-state index in [2.05, 4.69) is 41.4 Å². The summed E-state index contributed by atoms with van der Waals surface area (Å²) in [5.41, 5.74) is 6.97. The van der Waals surface area contributed by atoms with Crippen LogP contribution in [0.2, 0.25) is 0 Å². The molecule has 1 amide bonds. The van der Waals surface area contributed by atoms with Crippen LogP contribution in [0.5, 0.6) is 11.5 Å². The number of fused-ring (bicyclic) bond motifs is 1. The van der Waals surface area contributed by atoms with Gasteiger partial charge in [-0.15, -0.1) is 0 Å². The highest BCUT2D eigenvalue weighted by atomic mass is 16.5. The molecule has 3 aromatic carbocycles. The molecule has 1 N–H and O–H groups in total. The molecule has 1 aliphatic rings. The molecule has 0 spiro atoms. The van der Waals surface area contributed by atoms with Crippen LogP contribution in [0.15, 0.2) is 89.7 Å². The molecular weight excluding hydrogens is 466 g/mol. The van der Waals surface area contributed by atoms with Crippen LogP contribution in [0, 0.1) is 0 Å². The summed E-state index contributed by atoms with van der Waals surface area (Å²) in [4.78, 5) is 26.1. The van der Waals surface area contributed by atoms with Crippen LogP contribution >= 0.6 is 0 Å². The Balaban J connectivity index is 1.70. The summed E-state index contributed by atoms with van der Waals surface area (Å²) in [5, 5.41) is 4.19. The SMILES string of the molecule is CCN1/C(=C\C=N\NC(=O)c2ccccc2)C(C)(Cc2cccc(OC(C)=O)c2)c2cc(OC)ccc21. The predicted molar refractivity (Wildman–Crippen MR) is 145 cm³/mol. The quantitative estimate of drug-likeness (QED) is 0.199. The Morgan fingerprint density at radius 3 is 2.51 bits per heavy atom. The average molecular weight is 498 g/mol. The van der Waals surface area contributed by atoms with Gasteiger partial charge in [0.15, 0.2) is 0 Å². The Morgan fingerprint density at radius 2 is 1.81 bits per heavy atom. The van der Waals surface area contributed by atoms with Gasteiger partial charge in [0.05, 0.1) is 7.11 Å². The smallest absolute Gasteiger partial charge is 0.308 e. The Kier molecular flexibility index (Phi) is 7.72. The van der Waals surface area contributed by atoms with Crippen molar-refractivity contribution < 1.29 is 19.1 Å². The van der Waals surface area contributed by atoms with E-state index in [9.17, 15) is 9.59 Å². The van der Waals surface area contributed by atoms with Gasteiger partial charge in [0, 0.05) is 42.0 Å². The number of esters is 1. The average Bonchev–Trinajstić information content (AvgIpc) is 3.13. The van der Waals surface area contributed by atoms with E-state index in [1.54, 1.807) is 31.5 Å². The molecule has 190 valence electrons. The van der Waals surface area contributed by atoms with Crippen LogP contribution in [0.4, 0.5) is 5.69 Å². The van der Waals surface area contributed by atoms with Crippen molar-refractivity contribution in [1.29, 1.82) is 0 Å². The lowest BCUT2D eigenvalue weighted by atomic mass is 9.76. The first-order chi connectivity index (χ1) is 17.9. The molecule has 0 aliphatic carbocycles. The highest BCUT2D eigenvalue weighted by molar-refractivity contribution is 5.94. The number of likely N-dealkylation sites (N-methyl/N-ethyl adjacent to an activating group) is 1. The maximum Gasteiger partial charge on any atom is 0.308 e. The molecule has 1 heterocycles. The zero-order valence-electron chi connectivity index (χ0n) is 21.5. The number of hydrogen-bond donors (Lipinski definition) is 1. The van der Waals surface area contributed by atoms with Crippen molar-refractivity contribution in [3.8, 4) is 11.5 Å². The third kappa shape index (κ3) is 5.56. The van der Waals surface area contributed by atoms with Crippen LogP contribution < -0.4 is 19.8 Å². The van der Waals surface area contributed by atoms with E-state index in [0.717, 1.165) is 34.8 Å². The minimum Gasteiger partial charge on any atom is -0.497 e. The Labute approximate surface area is 217 Å². The topological polar surface area (TPSA) is 80.2 Å². The highest BCUT2D eigenvalue weighted by Gasteiger charge is 2.43. The maximum atomic E-state index is 12.4. The van der Waals surface area contributed by atoms with Crippen molar-refractivity contribution in [3.05, 3.63) is 101 Å². The standard InChI is InChI=1S/C30H31N3O4/c1-5-33-27-15-14-24(36-4)19-26(27)30(3,20-22-10-9-13-25(18-22)37-21(2)34)28(33)16-17-31-32-29(35)23-11-7-6-8-12-23/h6-19H,5,20H2,1-4H3,(H,32,35)/b28-16-,31-17+. The van der Waals surface area contributed by atoms with Crippen LogP contribution in [-0.2, 0) is 16.6 Å². The first-order valence-electron chi connectivity index (χ1n) is 12.2. The number of anilines is 1. The summed E-state index contributed by atoms with van der Waals surface area (Å²) in [6, 6.07) is 22.6. The number of benzene rings is 3. The van der Waals surface area contributed by atoms with Crippen LogP contribution in [-0.4, -0.2) is 31.7 Å². The number of hydrazone groups is 1. The molecule has 4 rings (SSSR count). The van der Waals surface area contributed by atoms with Crippen molar-refractivity contribution in [2.24, 2.45) is 5.10 Å². The van der Waals surface area contributed by atoms with Gasteiger partial charge in [-0.3, -0.25) is 9.59 Å². The lowest BCUT2D eigenvalue weighted by molar-refractivity contribution is -0.131. The van der Waals surface area contributed by atoms with Crippen molar-refractivity contribution >= 4 is 23.8 Å². The third-order valence-corrected chi connectivity index (χ3v) is 6.49. The van der Waals surface area contributed by atoms with Gasteiger partial charge in [0.1, 0.15) is 11.5 Å². The monoisotopic (exact) mass is 497 g/mol. The molecule has 7 nitrogen and oxygen atoms in total. The number of carbonyl (C=O) groups excluding carboxylic acids is 2. The Hall–Kier alpha value is -4.39. The molecule has 0 aromatic heterocycles. The second-order valence-corrected chi connectivity index (χ2v) is 9.01. The van der Waals surface area contributed by atoms with Gasteiger partial charge >= 0.3 is 5.97 Å². The fraction of sp³-hybridized carbons (Fsp3) is 0.233. The zero-order valence-corrected chi connectivity index (χ0v) is 21.5. The van der Waals surface area contributed by atoms with E-state index in [0.29, 0.717) is 17.7 Å². The second-order valence-electron chi connectivity index (χ2n) is 9.01. The number of hydrogen-bond acceptors (Lipinski definition) is 6. The lowest BCUT2D eigenvalue weighted by Crippen LogP contribution is -2.31. The molecular formula is C30H31N3O4. The van der Waals surface area contributed by atoms with Gasteiger partial charge in [-0.2, -0.15) is 5.10 Å². The molecule has 0 fully saturated rings. The number of methoxy groups -OCH3 is 1.